The number of pyridine rings is 1. The van der Waals surface area contributed by atoms with Gasteiger partial charge in [0.05, 0.1) is 18.0 Å². The Morgan fingerprint density at radius 1 is 1.10 bits per heavy atom. The number of aromatic nitrogens is 1. The third kappa shape index (κ3) is 8.37. The van der Waals surface area contributed by atoms with E-state index in [1.54, 1.807) is 18.2 Å². The van der Waals surface area contributed by atoms with E-state index in [0.29, 0.717) is 34.9 Å². The molecule has 253 valence electrons. The fourth-order valence-corrected chi connectivity index (χ4v) is 5.98. The van der Waals surface area contributed by atoms with Crippen molar-refractivity contribution in [2.24, 2.45) is 10.7 Å². The summed E-state index contributed by atoms with van der Waals surface area (Å²) in [6.07, 6.45) is 6.28. The van der Waals surface area contributed by atoms with Crippen molar-refractivity contribution < 1.29 is 18.3 Å². The van der Waals surface area contributed by atoms with E-state index in [-0.39, 0.29) is 35.8 Å². The molecule has 1 aromatic heterocycles. The van der Waals surface area contributed by atoms with Gasteiger partial charge in [0.1, 0.15) is 23.1 Å². The van der Waals surface area contributed by atoms with Crippen LogP contribution in [-0.4, -0.2) is 36.9 Å². The molecule has 2 atom stereocenters. The highest BCUT2D eigenvalue weighted by molar-refractivity contribution is 6.88. The lowest BCUT2D eigenvalue weighted by atomic mass is 9.65. The molecule has 49 heavy (non-hydrogen) atoms. The van der Waals surface area contributed by atoms with Gasteiger partial charge in [-0.1, -0.05) is 96.2 Å². The third-order valence-corrected chi connectivity index (χ3v) is 8.40. The number of rotatable bonds is 9. The van der Waals surface area contributed by atoms with Crippen LogP contribution in [0.2, 0.25) is 0 Å². The van der Waals surface area contributed by atoms with Crippen LogP contribution in [0.5, 0.6) is 5.75 Å². The van der Waals surface area contributed by atoms with Crippen LogP contribution in [0, 0.1) is 24.1 Å². The maximum Gasteiger partial charge on any atom is 0.251 e. The summed E-state index contributed by atoms with van der Waals surface area (Å²) in [6.45, 7) is 12.6. The number of hydrogen-bond acceptors (Lipinski definition) is 5. The number of nitrogens with zero attached hydrogens (tertiary/aromatic N) is 2. The molecule has 1 radical (unpaired) electrons. The first-order chi connectivity index (χ1) is 23.6. The maximum absolute atomic E-state index is 15.4. The summed E-state index contributed by atoms with van der Waals surface area (Å²) in [7, 11) is 2.04. The Morgan fingerprint density at radius 2 is 1.82 bits per heavy atom. The number of hydrogen-bond donors (Lipinski definition) is 2. The van der Waals surface area contributed by atoms with E-state index in [2.05, 4.69) is 36.3 Å². The molecule has 3 N–H and O–H groups in total. The monoisotopic (exact) mass is 661 g/mol. The highest BCUT2D eigenvalue weighted by Gasteiger charge is 2.30. The molecule has 9 heteroatoms. The van der Waals surface area contributed by atoms with Crippen molar-refractivity contribution in [1.82, 2.24) is 10.3 Å². The van der Waals surface area contributed by atoms with Crippen molar-refractivity contribution in [1.29, 1.82) is 0 Å². The topological polar surface area (TPSA) is 89.6 Å². The normalized spacial score (nSPS) is 14.4. The number of aliphatic imine (C=N–C) groups is 1. The van der Waals surface area contributed by atoms with Gasteiger partial charge in [-0.2, -0.15) is 0 Å². The zero-order valence-electron chi connectivity index (χ0n) is 29.1. The first kappa shape index (κ1) is 36.9. The smallest absolute Gasteiger partial charge is 0.251 e. The van der Waals surface area contributed by atoms with E-state index < -0.39 is 11.6 Å². The molecule has 0 aliphatic carbocycles. The molecular weight excluding hydrogens is 617 g/mol. The fourth-order valence-electron chi connectivity index (χ4n) is 5.98. The molecule has 0 bridgehead atoms. The van der Waals surface area contributed by atoms with Gasteiger partial charge in [0, 0.05) is 41.1 Å². The van der Waals surface area contributed by atoms with Crippen LogP contribution in [0.15, 0.2) is 71.7 Å². The van der Waals surface area contributed by atoms with E-state index in [4.69, 9.17) is 9.72 Å². The van der Waals surface area contributed by atoms with Crippen molar-refractivity contribution in [3.05, 3.63) is 106 Å². The molecule has 2 aliphatic heterocycles. The number of nitrogens with one attached hydrogen (secondary N) is 1. The number of ether oxygens (including phenoxy) is 1. The summed E-state index contributed by atoms with van der Waals surface area (Å²) in [4.78, 5) is 23.1. The van der Waals surface area contributed by atoms with Crippen molar-refractivity contribution in [3.63, 3.8) is 0 Å². The maximum atomic E-state index is 15.4. The molecule has 0 saturated heterocycles. The number of halogens is 2. The van der Waals surface area contributed by atoms with Gasteiger partial charge in [-0.25, -0.2) is 13.8 Å². The Kier molecular flexibility index (Phi) is 12.7. The first-order valence-corrected chi connectivity index (χ1v) is 16.9. The van der Waals surface area contributed by atoms with E-state index in [0.717, 1.165) is 46.8 Å². The van der Waals surface area contributed by atoms with Gasteiger partial charge >= 0.3 is 0 Å². The Hall–Kier alpha value is -4.97. The predicted molar refractivity (Wildman–Crippen MR) is 196 cm³/mol. The summed E-state index contributed by atoms with van der Waals surface area (Å²) in [6, 6.07) is 21.6. The highest BCUT2D eigenvalue weighted by atomic mass is 19.1. The molecule has 0 fully saturated rings. The minimum absolute atomic E-state index is 0.0621. The van der Waals surface area contributed by atoms with Crippen LogP contribution >= 0.6 is 0 Å². The number of amides is 1. The van der Waals surface area contributed by atoms with Crippen LogP contribution in [0.3, 0.4) is 0 Å². The summed E-state index contributed by atoms with van der Waals surface area (Å²) in [5.74, 6) is -1.35. The van der Waals surface area contributed by atoms with Crippen LogP contribution in [0.25, 0.3) is 11.3 Å². The number of fused-ring (bicyclic) bond motifs is 2. The van der Waals surface area contributed by atoms with E-state index >= 15 is 4.39 Å². The predicted octanol–water partition coefficient (Wildman–Crippen LogP) is 7.94. The molecule has 0 spiro atoms. The fraction of sp³-hybridized carbons (Fsp3) is 0.325. The van der Waals surface area contributed by atoms with Crippen LogP contribution in [0.4, 0.5) is 14.5 Å². The molecule has 6 rings (SSSR count). The lowest BCUT2D eigenvalue weighted by molar-refractivity contribution is 0.0952. The molecule has 2 aliphatic rings. The second-order valence-corrected chi connectivity index (χ2v) is 12.1. The van der Waals surface area contributed by atoms with Crippen LogP contribution in [-0.2, 0) is 0 Å². The van der Waals surface area contributed by atoms with E-state index in [9.17, 15) is 9.18 Å². The summed E-state index contributed by atoms with van der Waals surface area (Å²) in [5, 5.41) is 3.12. The van der Waals surface area contributed by atoms with Crippen molar-refractivity contribution >= 4 is 29.9 Å². The number of carbonyl (C=O) groups excluding carboxylic acids is 1. The largest absolute Gasteiger partial charge is 0.490 e. The first-order valence-electron chi connectivity index (χ1n) is 16.9. The Bertz CT molecular complexity index is 1850. The molecule has 0 saturated carbocycles. The molecule has 1 amide bonds. The molecule has 3 aromatic carbocycles. The zero-order valence-corrected chi connectivity index (χ0v) is 29.1. The number of terminal acetylenes is 1. The van der Waals surface area contributed by atoms with Gasteiger partial charge in [-0.3, -0.25) is 9.79 Å². The minimum atomic E-state index is -0.689. The van der Waals surface area contributed by atoms with Crippen LogP contribution < -0.4 is 21.3 Å². The van der Waals surface area contributed by atoms with Gasteiger partial charge < -0.3 is 15.8 Å². The van der Waals surface area contributed by atoms with Gasteiger partial charge in [0.25, 0.3) is 5.91 Å². The summed E-state index contributed by atoms with van der Waals surface area (Å²) < 4.78 is 36.1. The van der Waals surface area contributed by atoms with Gasteiger partial charge in [-0.15, -0.1) is 0 Å². The highest BCUT2D eigenvalue weighted by Crippen LogP contribution is 2.44. The number of carbonyl (C=O) groups is 1. The second-order valence-electron chi connectivity index (χ2n) is 12.1. The van der Waals surface area contributed by atoms with Gasteiger partial charge in [0.15, 0.2) is 0 Å². The van der Waals surface area contributed by atoms with E-state index in [1.165, 1.54) is 0 Å². The number of nitrogens with two attached hydrogens (primary N) is 1. The SMILES string of the molecule is C#CN.CC.CCCC1=Nc2ccc(C(=O)NCC(c3ccccc3)c3cc4c(c(-c5cc(C(C)C)c(F)cc5F)n3)OCC4C)cc2[B]1. The van der Waals surface area contributed by atoms with E-state index in [1.807, 2.05) is 83.5 Å². The molecule has 4 aromatic rings. The summed E-state index contributed by atoms with van der Waals surface area (Å²) >= 11 is 0. The average molecular weight is 662 g/mol. The van der Waals surface area contributed by atoms with Crippen molar-refractivity contribution in [2.45, 2.75) is 72.1 Å². The Balaban J connectivity index is 0.00000103. The lowest BCUT2D eigenvalue weighted by Crippen LogP contribution is -2.30. The standard InChI is InChI=1S/C36H35BF2N3O2.C2H3N.C2H6/c1-5-9-33-37-28-14-23(12-13-31(28)41-33)36(43)40-18-27(22-10-7-6-8-11-22)32-16-25-21(4)19-44-35(25)34(42-32)26-15-24(20(2)3)29(38)17-30(26)39;1-2-3;1-2/h6-8,10-17,20-21,27H,5,9,18-19H2,1-4H3,(H,40,43);1H,3H2;1-2H3. The van der Waals surface area contributed by atoms with Gasteiger partial charge in [-0.05, 0) is 59.4 Å². The molecule has 2 unspecified atom stereocenters. The molecule has 6 nitrogen and oxygen atoms in total. The number of benzene rings is 3. The quantitative estimate of drug-likeness (QED) is 0.108. The second kappa shape index (κ2) is 16.9. The average Bonchev–Trinajstić information content (AvgIpc) is 3.68. The van der Waals surface area contributed by atoms with Crippen LogP contribution in [0.1, 0.15) is 105 Å². The molecule has 3 heterocycles. The third-order valence-electron chi connectivity index (χ3n) is 8.40. The van der Waals surface area contributed by atoms with Crippen molar-refractivity contribution in [3.8, 4) is 29.5 Å². The van der Waals surface area contributed by atoms with Crippen molar-refractivity contribution in [2.75, 3.05) is 13.2 Å². The Morgan fingerprint density at radius 3 is 2.49 bits per heavy atom. The summed E-state index contributed by atoms with van der Waals surface area (Å²) in [5.41, 5.74) is 11.3. The van der Waals surface area contributed by atoms with Gasteiger partial charge in [0.2, 0.25) is 7.28 Å². The zero-order chi connectivity index (χ0) is 35.7. The molecular formula is C40H44BF2N4O2. The Labute approximate surface area is 289 Å². The minimum Gasteiger partial charge on any atom is -0.490 e. The lowest BCUT2D eigenvalue weighted by Gasteiger charge is -2.21.